The van der Waals surface area contributed by atoms with Crippen molar-refractivity contribution in [3.63, 3.8) is 0 Å². The Morgan fingerprint density at radius 1 is 1.00 bits per heavy atom. The molecule has 0 spiro atoms. The zero-order valence-corrected chi connectivity index (χ0v) is 9.97. The SMILES string of the molecule is Clc1ccccc1CON=Cc1ccccc1. The standard InChI is InChI=1S/C14H12ClNO/c15-14-9-5-4-8-13(14)11-17-16-10-12-6-2-1-3-7-12/h1-10H,11H2. The molecule has 0 unspecified atom stereocenters. The van der Waals surface area contributed by atoms with E-state index in [0.29, 0.717) is 11.6 Å². The van der Waals surface area contributed by atoms with Crippen LogP contribution in [0.1, 0.15) is 11.1 Å². The minimum Gasteiger partial charge on any atom is -0.391 e. The first-order valence-corrected chi connectivity index (χ1v) is 5.68. The van der Waals surface area contributed by atoms with Gasteiger partial charge >= 0.3 is 0 Å². The second kappa shape index (κ2) is 6.06. The van der Waals surface area contributed by atoms with Crippen LogP contribution in [-0.4, -0.2) is 6.21 Å². The van der Waals surface area contributed by atoms with Crippen LogP contribution in [0.2, 0.25) is 5.02 Å². The molecule has 2 rings (SSSR count). The van der Waals surface area contributed by atoms with Crippen molar-refractivity contribution in [1.82, 2.24) is 0 Å². The molecule has 0 aliphatic carbocycles. The minimum atomic E-state index is 0.378. The number of halogens is 1. The van der Waals surface area contributed by atoms with E-state index in [2.05, 4.69) is 5.16 Å². The van der Waals surface area contributed by atoms with Gasteiger partial charge in [-0.3, -0.25) is 0 Å². The van der Waals surface area contributed by atoms with Gasteiger partial charge in [0.25, 0.3) is 0 Å². The quantitative estimate of drug-likeness (QED) is 0.592. The Bertz CT molecular complexity index is 497. The van der Waals surface area contributed by atoms with Gasteiger partial charge in [0.15, 0.2) is 0 Å². The zero-order valence-electron chi connectivity index (χ0n) is 9.21. The van der Waals surface area contributed by atoms with Gasteiger partial charge in [-0.05, 0) is 11.6 Å². The molecule has 2 aromatic rings. The highest BCUT2D eigenvalue weighted by Crippen LogP contribution is 2.15. The van der Waals surface area contributed by atoms with Crippen molar-refractivity contribution in [2.45, 2.75) is 6.61 Å². The van der Waals surface area contributed by atoms with E-state index in [9.17, 15) is 0 Å². The predicted molar refractivity (Wildman–Crippen MR) is 70.3 cm³/mol. The van der Waals surface area contributed by atoms with Gasteiger partial charge < -0.3 is 4.84 Å². The van der Waals surface area contributed by atoms with Crippen LogP contribution < -0.4 is 0 Å². The molecule has 0 saturated carbocycles. The largest absolute Gasteiger partial charge is 0.391 e. The van der Waals surface area contributed by atoms with Crippen molar-refractivity contribution in [1.29, 1.82) is 0 Å². The average molecular weight is 246 g/mol. The number of hydrogen-bond donors (Lipinski definition) is 0. The Morgan fingerprint density at radius 3 is 2.47 bits per heavy atom. The summed E-state index contributed by atoms with van der Waals surface area (Å²) >= 11 is 5.99. The summed E-state index contributed by atoms with van der Waals surface area (Å²) in [6.07, 6.45) is 1.68. The average Bonchev–Trinajstić information content (AvgIpc) is 2.38. The molecule has 0 amide bonds. The van der Waals surface area contributed by atoms with Crippen molar-refractivity contribution in [3.8, 4) is 0 Å². The Morgan fingerprint density at radius 2 is 1.71 bits per heavy atom. The second-order valence-electron chi connectivity index (χ2n) is 3.51. The van der Waals surface area contributed by atoms with Crippen LogP contribution >= 0.6 is 11.6 Å². The second-order valence-corrected chi connectivity index (χ2v) is 3.92. The number of rotatable bonds is 4. The van der Waals surface area contributed by atoms with Gasteiger partial charge in [-0.15, -0.1) is 0 Å². The Balaban J connectivity index is 1.88. The molecule has 0 radical (unpaired) electrons. The predicted octanol–water partition coefficient (Wildman–Crippen LogP) is 3.89. The molecule has 0 N–H and O–H groups in total. The van der Waals surface area contributed by atoms with E-state index in [0.717, 1.165) is 11.1 Å². The highest BCUT2D eigenvalue weighted by molar-refractivity contribution is 6.31. The summed E-state index contributed by atoms with van der Waals surface area (Å²) in [6, 6.07) is 17.4. The molecule has 0 atom stereocenters. The lowest BCUT2D eigenvalue weighted by Gasteiger charge is -2.01. The van der Waals surface area contributed by atoms with Crippen LogP contribution in [-0.2, 0) is 11.4 Å². The number of oxime groups is 1. The molecule has 2 aromatic carbocycles. The lowest BCUT2D eigenvalue weighted by Crippen LogP contribution is -1.89. The molecule has 0 aliphatic heterocycles. The van der Waals surface area contributed by atoms with Gasteiger partial charge in [-0.1, -0.05) is 65.3 Å². The molecule has 17 heavy (non-hydrogen) atoms. The molecule has 0 heterocycles. The van der Waals surface area contributed by atoms with Crippen LogP contribution in [0.3, 0.4) is 0 Å². The van der Waals surface area contributed by atoms with E-state index < -0.39 is 0 Å². The van der Waals surface area contributed by atoms with E-state index in [1.165, 1.54) is 0 Å². The highest BCUT2D eigenvalue weighted by Gasteiger charge is 1.97. The van der Waals surface area contributed by atoms with Crippen molar-refractivity contribution in [2.24, 2.45) is 5.16 Å². The van der Waals surface area contributed by atoms with Crippen LogP contribution in [0, 0.1) is 0 Å². The summed E-state index contributed by atoms with van der Waals surface area (Å²) < 4.78 is 0. The first kappa shape index (κ1) is 11.7. The molecular weight excluding hydrogens is 234 g/mol. The highest BCUT2D eigenvalue weighted by atomic mass is 35.5. The maximum Gasteiger partial charge on any atom is 0.143 e. The fraction of sp³-hybridized carbons (Fsp3) is 0.0714. The molecule has 2 nitrogen and oxygen atoms in total. The number of nitrogens with zero attached hydrogens (tertiary/aromatic N) is 1. The lowest BCUT2D eigenvalue weighted by molar-refractivity contribution is 0.132. The van der Waals surface area contributed by atoms with E-state index >= 15 is 0 Å². The molecule has 0 fully saturated rings. The smallest absolute Gasteiger partial charge is 0.143 e. The van der Waals surface area contributed by atoms with Crippen molar-refractivity contribution in [2.75, 3.05) is 0 Å². The Hall–Kier alpha value is -1.80. The third-order valence-corrected chi connectivity index (χ3v) is 2.62. The third-order valence-electron chi connectivity index (χ3n) is 2.25. The minimum absolute atomic E-state index is 0.378. The van der Waals surface area contributed by atoms with Gasteiger partial charge in [0, 0.05) is 10.6 Å². The summed E-state index contributed by atoms with van der Waals surface area (Å²) in [4.78, 5) is 5.19. The fourth-order valence-electron chi connectivity index (χ4n) is 1.36. The van der Waals surface area contributed by atoms with Crippen molar-refractivity contribution < 1.29 is 4.84 Å². The van der Waals surface area contributed by atoms with Gasteiger partial charge in [0.2, 0.25) is 0 Å². The van der Waals surface area contributed by atoms with Gasteiger partial charge in [-0.25, -0.2) is 0 Å². The number of hydrogen-bond acceptors (Lipinski definition) is 2. The lowest BCUT2D eigenvalue weighted by atomic mass is 10.2. The van der Waals surface area contributed by atoms with Crippen LogP contribution in [0.4, 0.5) is 0 Å². The van der Waals surface area contributed by atoms with E-state index in [1.54, 1.807) is 6.21 Å². The first-order chi connectivity index (χ1) is 8.36. The van der Waals surface area contributed by atoms with Gasteiger partial charge in [0.1, 0.15) is 6.61 Å². The number of benzene rings is 2. The van der Waals surface area contributed by atoms with E-state index in [1.807, 2.05) is 54.6 Å². The molecular formula is C14H12ClNO. The summed E-state index contributed by atoms with van der Waals surface area (Å²) in [7, 11) is 0. The molecule has 0 aromatic heterocycles. The van der Waals surface area contributed by atoms with Crippen molar-refractivity contribution in [3.05, 3.63) is 70.7 Å². The monoisotopic (exact) mass is 245 g/mol. The Labute approximate surface area is 105 Å². The van der Waals surface area contributed by atoms with Crippen LogP contribution in [0.5, 0.6) is 0 Å². The molecule has 0 aliphatic rings. The topological polar surface area (TPSA) is 21.6 Å². The summed E-state index contributed by atoms with van der Waals surface area (Å²) in [5, 5.41) is 4.59. The third kappa shape index (κ3) is 3.61. The summed E-state index contributed by atoms with van der Waals surface area (Å²) in [6.45, 7) is 0.378. The van der Waals surface area contributed by atoms with Gasteiger partial charge in [-0.2, -0.15) is 0 Å². The molecule has 0 saturated heterocycles. The molecule has 3 heteroatoms. The van der Waals surface area contributed by atoms with Crippen molar-refractivity contribution >= 4 is 17.8 Å². The van der Waals surface area contributed by atoms with E-state index in [4.69, 9.17) is 16.4 Å². The van der Waals surface area contributed by atoms with Crippen LogP contribution in [0.25, 0.3) is 0 Å². The maximum absolute atomic E-state index is 5.99. The van der Waals surface area contributed by atoms with E-state index in [-0.39, 0.29) is 0 Å². The molecule has 86 valence electrons. The fourth-order valence-corrected chi connectivity index (χ4v) is 1.55. The summed E-state index contributed by atoms with van der Waals surface area (Å²) in [5.74, 6) is 0. The van der Waals surface area contributed by atoms with Gasteiger partial charge in [0.05, 0.1) is 6.21 Å². The normalized spacial score (nSPS) is 10.6. The first-order valence-electron chi connectivity index (χ1n) is 5.30. The van der Waals surface area contributed by atoms with Crippen LogP contribution in [0.15, 0.2) is 59.8 Å². The molecule has 0 bridgehead atoms. The maximum atomic E-state index is 5.99. The Kier molecular flexibility index (Phi) is 4.17. The summed E-state index contributed by atoms with van der Waals surface area (Å²) in [5.41, 5.74) is 1.94. The zero-order chi connectivity index (χ0) is 11.9.